The number of benzene rings is 2. The van der Waals surface area contributed by atoms with Crippen molar-refractivity contribution in [2.75, 3.05) is 6.54 Å². The Balaban J connectivity index is 1.64. The molecule has 1 aliphatic rings. The Morgan fingerprint density at radius 3 is 2.55 bits per heavy atom. The number of nitrogens with zero attached hydrogens (tertiary/aromatic N) is 3. The van der Waals surface area contributed by atoms with Crippen LogP contribution in [0, 0.1) is 11.6 Å². The minimum absolute atomic E-state index is 0.0618. The van der Waals surface area contributed by atoms with Crippen LogP contribution in [0.15, 0.2) is 46.3 Å². The second kappa shape index (κ2) is 8.25. The van der Waals surface area contributed by atoms with E-state index < -0.39 is 27.6 Å². The lowest BCUT2D eigenvalue weighted by Crippen LogP contribution is -2.41. The fourth-order valence-corrected chi connectivity index (χ4v) is 6.55. The Bertz CT molecular complexity index is 1330. The molecule has 3 aromatic rings. The monoisotopic (exact) mass is 465 g/mol. The lowest BCUT2D eigenvalue weighted by molar-refractivity contribution is 0.0998. The molecule has 1 aliphatic heterocycles. The second-order valence-corrected chi connectivity index (χ2v) is 10.5. The third kappa shape index (κ3) is 4.07. The van der Waals surface area contributed by atoms with E-state index in [2.05, 4.69) is 4.99 Å². The quantitative estimate of drug-likeness (QED) is 0.590. The van der Waals surface area contributed by atoms with E-state index in [-0.39, 0.29) is 26.8 Å². The molecule has 6 nitrogen and oxygen atoms in total. The van der Waals surface area contributed by atoms with Crippen molar-refractivity contribution < 1.29 is 22.0 Å². The summed E-state index contributed by atoms with van der Waals surface area (Å²) in [7, 11) is -2.09. The third-order valence-corrected chi connectivity index (χ3v) is 8.57. The maximum absolute atomic E-state index is 14.1. The van der Waals surface area contributed by atoms with E-state index in [1.807, 2.05) is 6.92 Å². The zero-order chi connectivity index (χ0) is 22.3. The maximum Gasteiger partial charge on any atom is 0.279 e. The van der Waals surface area contributed by atoms with Crippen molar-refractivity contribution in [2.45, 2.75) is 37.1 Å². The number of thiazole rings is 1. The fourth-order valence-electron chi connectivity index (χ4n) is 3.79. The normalized spacial score (nSPS) is 18.6. The molecule has 1 aromatic heterocycles. The van der Waals surface area contributed by atoms with Crippen LogP contribution in [0.2, 0.25) is 0 Å². The van der Waals surface area contributed by atoms with E-state index in [9.17, 15) is 22.0 Å². The number of rotatable bonds is 3. The summed E-state index contributed by atoms with van der Waals surface area (Å²) in [5, 5.41) is 0. The molecule has 31 heavy (non-hydrogen) atoms. The summed E-state index contributed by atoms with van der Waals surface area (Å²) in [5.74, 6) is -2.04. The number of carbonyl (C=O) groups excluding carboxylic acids is 1. The highest BCUT2D eigenvalue weighted by Crippen LogP contribution is 2.25. The zero-order valence-electron chi connectivity index (χ0n) is 17.0. The number of piperidine rings is 1. The molecule has 0 aliphatic carbocycles. The molecule has 0 N–H and O–H groups in total. The minimum atomic E-state index is -3.63. The summed E-state index contributed by atoms with van der Waals surface area (Å²) in [6.07, 6.45) is 2.66. The van der Waals surface area contributed by atoms with Crippen LogP contribution < -0.4 is 4.80 Å². The molecule has 2 heterocycles. The SMILES string of the molecule is CC1CCCCN1S(=O)(=O)c1ccc(C(=O)N=c2sc3cc(F)cc(F)c3n2C)cc1. The standard InChI is InChI=1S/C21H21F2N3O3S2/c1-13-5-3-4-10-26(13)31(28,29)16-8-6-14(7-9-16)20(27)24-21-25(2)19-17(23)11-15(22)12-18(19)30-21/h6-9,11-13H,3-5,10H2,1-2H3. The zero-order valence-corrected chi connectivity index (χ0v) is 18.6. The van der Waals surface area contributed by atoms with Crippen LogP contribution in [0.3, 0.4) is 0 Å². The molecule has 1 atom stereocenters. The number of hydrogen-bond donors (Lipinski definition) is 0. The van der Waals surface area contributed by atoms with Gasteiger partial charge in [-0.2, -0.15) is 9.30 Å². The van der Waals surface area contributed by atoms with Crippen molar-refractivity contribution in [1.29, 1.82) is 0 Å². The van der Waals surface area contributed by atoms with E-state index in [1.54, 1.807) is 7.05 Å². The molecule has 1 amide bonds. The van der Waals surface area contributed by atoms with Gasteiger partial charge in [-0.1, -0.05) is 17.8 Å². The summed E-state index contributed by atoms with van der Waals surface area (Å²) in [6, 6.07) is 7.55. The van der Waals surface area contributed by atoms with Crippen LogP contribution in [0.5, 0.6) is 0 Å². The molecule has 2 aromatic carbocycles. The molecule has 1 unspecified atom stereocenters. The van der Waals surface area contributed by atoms with Gasteiger partial charge in [0.25, 0.3) is 5.91 Å². The highest BCUT2D eigenvalue weighted by atomic mass is 32.2. The molecule has 1 fully saturated rings. The van der Waals surface area contributed by atoms with Crippen molar-refractivity contribution in [3.8, 4) is 0 Å². The van der Waals surface area contributed by atoms with E-state index in [0.717, 1.165) is 36.7 Å². The van der Waals surface area contributed by atoms with Crippen LogP contribution in [0.1, 0.15) is 36.5 Å². The summed E-state index contributed by atoms with van der Waals surface area (Å²) in [6.45, 7) is 2.38. The van der Waals surface area contributed by atoms with Crippen molar-refractivity contribution >= 4 is 37.5 Å². The Morgan fingerprint density at radius 2 is 1.87 bits per heavy atom. The van der Waals surface area contributed by atoms with E-state index >= 15 is 0 Å². The molecule has 0 radical (unpaired) electrons. The van der Waals surface area contributed by atoms with Crippen molar-refractivity contribution in [1.82, 2.24) is 8.87 Å². The topological polar surface area (TPSA) is 71.7 Å². The largest absolute Gasteiger partial charge is 0.317 e. The Morgan fingerprint density at radius 1 is 1.16 bits per heavy atom. The van der Waals surface area contributed by atoms with Gasteiger partial charge in [-0.25, -0.2) is 17.2 Å². The first-order valence-corrected chi connectivity index (χ1v) is 12.1. The van der Waals surface area contributed by atoms with E-state index in [0.29, 0.717) is 11.2 Å². The van der Waals surface area contributed by atoms with Gasteiger partial charge in [0.1, 0.15) is 5.82 Å². The Kier molecular flexibility index (Phi) is 5.80. The maximum atomic E-state index is 14.1. The highest BCUT2D eigenvalue weighted by Gasteiger charge is 2.30. The average Bonchev–Trinajstić information content (AvgIpc) is 3.03. The number of halogens is 2. The summed E-state index contributed by atoms with van der Waals surface area (Å²) < 4.78 is 56.6. The van der Waals surface area contributed by atoms with E-state index in [1.165, 1.54) is 39.2 Å². The molecule has 10 heteroatoms. The van der Waals surface area contributed by atoms with Gasteiger partial charge in [0.15, 0.2) is 10.6 Å². The van der Waals surface area contributed by atoms with Crippen LogP contribution in [-0.2, 0) is 17.1 Å². The molecule has 1 saturated heterocycles. The number of aryl methyl sites for hydroxylation is 1. The summed E-state index contributed by atoms with van der Waals surface area (Å²) >= 11 is 0.995. The lowest BCUT2D eigenvalue weighted by Gasteiger charge is -2.32. The third-order valence-electron chi connectivity index (χ3n) is 5.46. The van der Waals surface area contributed by atoms with Crippen LogP contribution in [0.4, 0.5) is 8.78 Å². The minimum Gasteiger partial charge on any atom is -0.317 e. The number of sulfonamides is 1. The van der Waals surface area contributed by atoms with Gasteiger partial charge in [-0.15, -0.1) is 0 Å². The van der Waals surface area contributed by atoms with Crippen LogP contribution >= 0.6 is 11.3 Å². The smallest absolute Gasteiger partial charge is 0.279 e. The number of carbonyl (C=O) groups is 1. The molecular formula is C21H21F2N3O3S2. The van der Waals surface area contributed by atoms with Gasteiger partial charge in [0.2, 0.25) is 10.0 Å². The summed E-state index contributed by atoms with van der Waals surface area (Å²) in [5.41, 5.74) is 0.366. The number of aromatic nitrogens is 1. The Hall–Kier alpha value is -2.43. The van der Waals surface area contributed by atoms with Gasteiger partial charge in [-0.05, 0) is 50.1 Å². The van der Waals surface area contributed by atoms with E-state index in [4.69, 9.17) is 0 Å². The first-order chi connectivity index (χ1) is 14.7. The molecule has 0 bridgehead atoms. The predicted molar refractivity (Wildman–Crippen MR) is 114 cm³/mol. The average molecular weight is 466 g/mol. The summed E-state index contributed by atoms with van der Waals surface area (Å²) in [4.78, 5) is 17.0. The first-order valence-electron chi connectivity index (χ1n) is 9.84. The molecule has 4 rings (SSSR count). The van der Waals surface area contributed by atoms with Gasteiger partial charge < -0.3 is 4.57 Å². The van der Waals surface area contributed by atoms with Gasteiger partial charge in [-0.3, -0.25) is 4.79 Å². The molecule has 0 saturated carbocycles. The van der Waals surface area contributed by atoms with Crippen molar-refractivity contribution in [3.05, 3.63) is 58.4 Å². The van der Waals surface area contributed by atoms with Gasteiger partial charge in [0.05, 0.1) is 15.1 Å². The first kappa shape index (κ1) is 21.8. The van der Waals surface area contributed by atoms with Crippen LogP contribution in [-0.4, -0.2) is 35.8 Å². The van der Waals surface area contributed by atoms with Gasteiger partial charge in [0, 0.05) is 31.3 Å². The lowest BCUT2D eigenvalue weighted by atomic mass is 10.1. The fraction of sp³-hybridized carbons (Fsp3) is 0.333. The number of amides is 1. The van der Waals surface area contributed by atoms with Crippen molar-refractivity contribution in [3.63, 3.8) is 0 Å². The second-order valence-electron chi connectivity index (χ2n) is 7.58. The van der Waals surface area contributed by atoms with Crippen molar-refractivity contribution in [2.24, 2.45) is 12.0 Å². The molecular weight excluding hydrogens is 444 g/mol. The molecule has 164 valence electrons. The Labute approximate surface area is 182 Å². The number of hydrogen-bond acceptors (Lipinski definition) is 4. The predicted octanol–water partition coefficient (Wildman–Crippen LogP) is 3.82. The molecule has 0 spiro atoms. The number of fused-ring (bicyclic) bond motifs is 1. The highest BCUT2D eigenvalue weighted by molar-refractivity contribution is 7.89. The van der Waals surface area contributed by atoms with Crippen LogP contribution in [0.25, 0.3) is 10.2 Å². The van der Waals surface area contributed by atoms with Gasteiger partial charge >= 0.3 is 0 Å².